The molecule has 1 aliphatic rings. The molecule has 3 N–H and O–H groups in total. The van der Waals surface area contributed by atoms with E-state index in [2.05, 4.69) is 10.6 Å². The normalized spacial score (nSPS) is 17.9. The highest BCUT2D eigenvalue weighted by Crippen LogP contribution is 2.28. The van der Waals surface area contributed by atoms with Crippen LogP contribution in [0.1, 0.15) is 52.0 Å². The van der Waals surface area contributed by atoms with Crippen LogP contribution in [0.15, 0.2) is 42.5 Å². The van der Waals surface area contributed by atoms with E-state index < -0.39 is 5.97 Å². The number of carboxylic acid groups (broad SMARTS) is 1. The van der Waals surface area contributed by atoms with E-state index in [9.17, 15) is 14.4 Å². The number of hydrogen-bond donors (Lipinski definition) is 3. The fourth-order valence-corrected chi connectivity index (χ4v) is 3.76. The van der Waals surface area contributed by atoms with E-state index in [4.69, 9.17) is 21.4 Å². The molecule has 1 fully saturated rings. The molecule has 0 saturated heterocycles. The molecule has 0 bridgehead atoms. The molecule has 3 rings (SSSR count). The number of amides is 2. The van der Waals surface area contributed by atoms with Crippen molar-refractivity contribution in [2.24, 2.45) is 5.92 Å². The van der Waals surface area contributed by atoms with Gasteiger partial charge in [-0.3, -0.25) is 14.4 Å². The molecule has 1 aliphatic carbocycles. The molecule has 0 unspecified atom stereocenters. The van der Waals surface area contributed by atoms with Gasteiger partial charge in [-0.25, -0.2) is 0 Å². The van der Waals surface area contributed by atoms with Crippen molar-refractivity contribution in [1.29, 1.82) is 0 Å². The Morgan fingerprint density at radius 2 is 1.50 bits per heavy atom. The lowest BCUT2D eigenvalue weighted by Crippen LogP contribution is -2.34. The standard InChI is InChI=1S/C24H27ClN2O5/c1-15-14-18(6-11-21(15)25)23(29)27-13-12-26-22(28)16-2-7-19(8-3-16)32-20-9-4-17(5-10-20)24(30)31/h2-3,6-8,11,14,17,20H,4-5,9-10,12-13H2,1H3,(H,26,28)(H,27,29)(H,30,31). The van der Waals surface area contributed by atoms with Crippen LogP contribution in [0.3, 0.4) is 0 Å². The maximum atomic E-state index is 12.3. The van der Waals surface area contributed by atoms with Crippen LogP contribution in [0.5, 0.6) is 5.75 Å². The Kier molecular flexibility index (Phi) is 8.11. The number of hydrogen-bond acceptors (Lipinski definition) is 4. The van der Waals surface area contributed by atoms with Crippen LogP contribution in [0, 0.1) is 12.8 Å². The molecule has 2 aromatic rings. The first-order valence-corrected chi connectivity index (χ1v) is 11.0. The quantitative estimate of drug-likeness (QED) is 0.521. The third-order valence-electron chi connectivity index (χ3n) is 5.56. The smallest absolute Gasteiger partial charge is 0.306 e. The molecule has 0 radical (unpaired) electrons. The van der Waals surface area contributed by atoms with E-state index in [0.29, 0.717) is 60.7 Å². The summed E-state index contributed by atoms with van der Waals surface area (Å²) in [6.07, 6.45) is 2.66. The second-order valence-electron chi connectivity index (χ2n) is 7.93. The third-order valence-corrected chi connectivity index (χ3v) is 5.98. The van der Waals surface area contributed by atoms with Gasteiger partial charge in [-0.15, -0.1) is 0 Å². The fourth-order valence-electron chi connectivity index (χ4n) is 3.65. The Hall–Kier alpha value is -3.06. The number of carboxylic acids is 1. The number of carbonyl (C=O) groups excluding carboxylic acids is 2. The van der Waals surface area contributed by atoms with Crippen LogP contribution in [0.4, 0.5) is 0 Å². The lowest BCUT2D eigenvalue weighted by Gasteiger charge is -2.26. The monoisotopic (exact) mass is 458 g/mol. The molecule has 2 amide bonds. The maximum Gasteiger partial charge on any atom is 0.306 e. The van der Waals surface area contributed by atoms with E-state index in [1.165, 1.54) is 0 Å². The summed E-state index contributed by atoms with van der Waals surface area (Å²) in [5.41, 5.74) is 1.84. The van der Waals surface area contributed by atoms with Crippen molar-refractivity contribution in [3.8, 4) is 5.75 Å². The maximum absolute atomic E-state index is 12.3. The van der Waals surface area contributed by atoms with Crippen LogP contribution in [0.25, 0.3) is 0 Å². The lowest BCUT2D eigenvalue weighted by molar-refractivity contribution is -0.143. The summed E-state index contributed by atoms with van der Waals surface area (Å²) in [7, 11) is 0. The molecular formula is C24H27ClN2O5. The van der Waals surface area contributed by atoms with E-state index in [0.717, 1.165) is 5.56 Å². The molecule has 32 heavy (non-hydrogen) atoms. The molecule has 0 heterocycles. The Morgan fingerprint density at radius 3 is 2.06 bits per heavy atom. The van der Waals surface area contributed by atoms with Gasteiger partial charge in [0.05, 0.1) is 12.0 Å². The predicted molar refractivity (Wildman–Crippen MR) is 121 cm³/mol. The van der Waals surface area contributed by atoms with E-state index in [-0.39, 0.29) is 23.8 Å². The molecule has 7 nitrogen and oxygen atoms in total. The summed E-state index contributed by atoms with van der Waals surface area (Å²) in [6.45, 7) is 2.42. The van der Waals surface area contributed by atoms with Gasteiger partial charge in [-0.05, 0) is 80.6 Å². The van der Waals surface area contributed by atoms with Crippen molar-refractivity contribution < 1.29 is 24.2 Å². The zero-order valence-corrected chi connectivity index (χ0v) is 18.7. The van der Waals surface area contributed by atoms with Crippen LogP contribution in [-0.2, 0) is 4.79 Å². The summed E-state index contributed by atoms with van der Waals surface area (Å²) in [6, 6.07) is 11.9. The minimum absolute atomic E-state index is 0.00156. The number of rotatable bonds is 8. The van der Waals surface area contributed by atoms with Gasteiger partial charge in [-0.1, -0.05) is 11.6 Å². The Morgan fingerprint density at radius 1 is 0.938 bits per heavy atom. The minimum Gasteiger partial charge on any atom is -0.490 e. The zero-order valence-electron chi connectivity index (χ0n) is 17.9. The molecule has 0 aliphatic heterocycles. The number of carbonyl (C=O) groups is 3. The molecule has 170 valence electrons. The van der Waals surface area contributed by atoms with Gasteiger partial charge >= 0.3 is 5.97 Å². The van der Waals surface area contributed by atoms with Gasteiger partial charge in [0.15, 0.2) is 0 Å². The largest absolute Gasteiger partial charge is 0.490 e. The Bertz CT molecular complexity index is 969. The number of aliphatic carboxylic acids is 1. The Labute approximate surface area is 192 Å². The highest BCUT2D eigenvalue weighted by Gasteiger charge is 2.26. The molecular weight excluding hydrogens is 432 g/mol. The van der Waals surface area contributed by atoms with Crippen molar-refractivity contribution in [3.05, 3.63) is 64.2 Å². The zero-order chi connectivity index (χ0) is 23.1. The SMILES string of the molecule is Cc1cc(C(=O)NCCNC(=O)c2ccc(OC3CCC(C(=O)O)CC3)cc2)ccc1Cl. The van der Waals surface area contributed by atoms with E-state index in [1.54, 1.807) is 42.5 Å². The van der Waals surface area contributed by atoms with Gasteiger partial charge in [-0.2, -0.15) is 0 Å². The topological polar surface area (TPSA) is 105 Å². The summed E-state index contributed by atoms with van der Waals surface area (Å²) >= 11 is 5.97. The van der Waals surface area contributed by atoms with Gasteiger partial charge in [0.1, 0.15) is 5.75 Å². The summed E-state index contributed by atoms with van der Waals surface area (Å²) in [5, 5.41) is 15.2. The van der Waals surface area contributed by atoms with Crippen molar-refractivity contribution in [2.75, 3.05) is 13.1 Å². The van der Waals surface area contributed by atoms with Gasteiger partial charge < -0.3 is 20.5 Å². The molecule has 8 heteroatoms. The number of nitrogens with one attached hydrogen (secondary N) is 2. The number of benzene rings is 2. The molecule has 0 aromatic heterocycles. The van der Waals surface area contributed by atoms with Crippen molar-refractivity contribution in [3.63, 3.8) is 0 Å². The van der Waals surface area contributed by atoms with Crippen LogP contribution < -0.4 is 15.4 Å². The number of ether oxygens (including phenoxy) is 1. The summed E-state index contributed by atoms with van der Waals surface area (Å²) in [4.78, 5) is 35.5. The van der Waals surface area contributed by atoms with E-state index in [1.807, 2.05) is 6.92 Å². The van der Waals surface area contributed by atoms with Gasteiger partial charge in [0.25, 0.3) is 11.8 Å². The summed E-state index contributed by atoms with van der Waals surface area (Å²) < 4.78 is 5.92. The summed E-state index contributed by atoms with van der Waals surface area (Å²) in [5.74, 6) is -0.821. The number of aryl methyl sites for hydroxylation is 1. The lowest BCUT2D eigenvalue weighted by atomic mass is 9.87. The first kappa shape index (κ1) is 23.6. The molecule has 2 aromatic carbocycles. The molecule has 1 saturated carbocycles. The predicted octanol–water partition coefficient (Wildman–Crippen LogP) is 3.83. The molecule has 0 atom stereocenters. The van der Waals surface area contributed by atoms with Crippen LogP contribution in [-0.4, -0.2) is 42.1 Å². The van der Waals surface area contributed by atoms with Gasteiger partial charge in [0, 0.05) is 29.2 Å². The highest BCUT2D eigenvalue weighted by molar-refractivity contribution is 6.31. The van der Waals surface area contributed by atoms with Gasteiger partial charge in [0.2, 0.25) is 0 Å². The first-order chi connectivity index (χ1) is 15.3. The van der Waals surface area contributed by atoms with Crippen LogP contribution in [0.2, 0.25) is 5.02 Å². The second-order valence-corrected chi connectivity index (χ2v) is 8.34. The van der Waals surface area contributed by atoms with E-state index >= 15 is 0 Å². The Balaban J connectivity index is 1.39. The van der Waals surface area contributed by atoms with Crippen molar-refractivity contribution in [2.45, 2.75) is 38.7 Å². The van der Waals surface area contributed by atoms with Crippen molar-refractivity contribution in [1.82, 2.24) is 10.6 Å². The fraction of sp³-hybridized carbons (Fsp3) is 0.375. The average Bonchev–Trinajstić information content (AvgIpc) is 2.79. The molecule has 0 spiro atoms. The number of halogens is 1. The minimum atomic E-state index is -0.738. The first-order valence-electron chi connectivity index (χ1n) is 10.7. The highest BCUT2D eigenvalue weighted by atomic mass is 35.5. The van der Waals surface area contributed by atoms with Crippen LogP contribution >= 0.6 is 11.6 Å². The third kappa shape index (κ3) is 6.47. The second kappa shape index (κ2) is 11.0. The van der Waals surface area contributed by atoms with Crippen molar-refractivity contribution >= 4 is 29.4 Å². The average molecular weight is 459 g/mol.